The van der Waals surface area contributed by atoms with Gasteiger partial charge >= 0.3 is 6.09 Å². The van der Waals surface area contributed by atoms with Crippen molar-refractivity contribution in [2.24, 2.45) is 0 Å². The lowest BCUT2D eigenvalue weighted by molar-refractivity contribution is -0.125. The van der Waals surface area contributed by atoms with Crippen LogP contribution in [0.2, 0.25) is 5.15 Å². The Balaban J connectivity index is 0.000000172. The number of aromatic nitrogens is 6. The van der Waals surface area contributed by atoms with Crippen LogP contribution in [0.15, 0.2) is 53.9 Å². The first-order chi connectivity index (χ1) is 29.6. The maximum Gasteiger partial charge on any atom is 0.416 e. The highest BCUT2D eigenvalue weighted by Crippen LogP contribution is 2.35. The molecule has 0 bridgehead atoms. The molecule has 0 spiro atoms. The van der Waals surface area contributed by atoms with Gasteiger partial charge in [-0.05, 0) is 76.3 Å². The maximum atomic E-state index is 12.9. The van der Waals surface area contributed by atoms with Gasteiger partial charge in [0.1, 0.15) is 39.7 Å². The predicted molar refractivity (Wildman–Crippen MR) is 228 cm³/mol. The Morgan fingerprint density at radius 1 is 0.839 bits per heavy atom. The summed E-state index contributed by atoms with van der Waals surface area (Å²) in [6.07, 6.45) is 9.88. The minimum absolute atomic E-state index is 0.00393. The van der Waals surface area contributed by atoms with Gasteiger partial charge < -0.3 is 24.8 Å². The van der Waals surface area contributed by atoms with Gasteiger partial charge in [0.15, 0.2) is 11.3 Å². The van der Waals surface area contributed by atoms with Crippen molar-refractivity contribution in [3.63, 3.8) is 0 Å². The van der Waals surface area contributed by atoms with Gasteiger partial charge in [-0.15, -0.1) is 0 Å². The highest BCUT2D eigenvalue weighted by Gasteiger charge is 2.38. The van der Waals surface area contributed by atoms with Crippen LogP contribution in [-0.2, 0) is 30.5 Å². The normalized spacial score (nSPS) is 17.6. The number of nitrogens with zero attached hydrogens (tertiary/aromatic N) is 7. The molecule has 0 atom stereocenters. The van der Waals surface area contributed by atoms with Crippen molar-refractivity contribution in [1.82, 2.24) is 39.8 Å². The summed E-state index contributed by atoms with van der Waals surface area (Å²) in [6.45, 7) is 5.91. The second-order valence-corrected chi connectivity index (χ2v) is 16.5. The third-order valence-corrected chi connectivity index (χ3v) is 10.2. The average Bonchev–Trinajstić information content (AvgIpc) is 4.09. The Morgan fingerprint density at radius 3 is 1.94 bits per heavy atom. The maximum absolute atomic E-state index is 12.9. The van der Waals surface area contributed by atoms with E-state index >= 15 is 0 Å². The fraction of sp³-hybridized carbons (Fsp3) is 0.357. The third-order valence-electron chi connectivity index (χ3n) is 9.96. The fourth-order valence-electron chi connectivity index (χ4n) is 6.77. The van der Waals surface area contributed by atoms with Crippen LogP contribution in [-0.4, -0.2) is 90.8 Å². The molecule has 4 N–H and O–H groups in total. The Bertz CT molecular complexity index is 2690. The Hall–Kier alpha value is -7.02. The molecule has 5 amide bonds. The highest BCUT2D eigenvalue weighted by molar-refractivity contribution is 6.30. The summed E-state index contributed by atoms with van der Waals surface area (Å²) < 4.78 is 19.5. The van der Waals surface area contributed by atoms with Crippen LogP contribution in [0.25, 0.3) is 23.4 Å². The van der Waals surface area contributed by atoms with E-state index in [1.165, 1.54) is 10.7 Å². The molecule has 19 nitrogen and oxygen atoms in total. The van der Waals surface area contributed by atoms with E-state index in [-0.39, 0.29) is 41.8 Å². The highest BCUT2D eigenvalue weighted by atomic mass is 35.5. The number of imide groups is 2. The van der Waals surface area contributed by atoms with Crippen molar-refractivity contribution in [1.29, 1.82) is 0 Å². The summed E-state index contributed by atoms with van der Waals surface area (Å²) in [5, 5.41) is 20.4. The first kappa shape index (κ1) is 41.7. The summed E-state index contributed by atoms with van der Waals surface area (Å²) in [4.78, 5) is 70.3. The second kappa shape index (κ2) is 16.8. The molecule has 6 heterocycles. The third kappa shape index (κ3) is 9.46. The lowest BCUT2D eigenvalue weighted by Gasteiger charge is -2.27. The van der Waals surface area contributed by atoms with E-state index < -0.39 is 17.6 Å². The minimum atomic E-state index is -0.651. The van der Waals surface area contributed by atoms with Gasteiger partial charge in [-0.1, -0.05) is 11.6 Å². The van der Waals surface area contributed by atoms with Crippen LogP contribution in [0.4, 0.5) is 22.2 Å². The number of hydrogen-bond acceptors (Lipinski definition) is 14. The Morgan fingerprint density at radius 2 is 1.42 bits per heavy atom. The second-order valence-electron chi connectivity index (χ2n) is 16.2. The van der Waals surface area contributed by atoms with E-state index in [2.05, 4.69) is 36.4 Å². The van der Waals surface area contributed by atoms with Crippen molar-refractivity contribution in [3.8, 4) is 11.5 Å². The summed E-state index contributed by atoms with van der Waals surface area (Å²) in [6, 6.07) is 9.57. The van der Waals surface area contributed by atoms with Crippen molar-refractivity contribution in [3.05, 3.63) is 75.7 Å². The first-order valence-corrected chi connectivity index (χ1v) is 20.3. The number of carbonyl (C=O) groups excluding carboxylic acids is 5. The fourth-order valence-corrected chi connectivity index (χ4v) is 6.95. The van der Waals surface area contributed by atoms with Gasteiger partial charge in [0.05, 0.1) is 39.5 Å². The number of halogens is 1. The van der Waals surface area contributed by atoms with Crippen LogP contribution in [0, 0.1) is 0 Å². The van der Waals surface area contributed by atoms with E-state index in [0.717, 1.165) is 37.1 Å². The number of carbonyl (C=O) groups is 5. The molecule has 1 aromatic carbocycles. The molecule has 4 aliphatic rings. The zero-order valence-electron chi connectivity index (χ0n) is 34.6. The standard InChI is InChI=1S/C23H24N6O4.C19H20ClN5O4/c1-32-17-5-13(6-18(9-17)33-2)11-24-19-10-20(26-16-3-4-16)29-22(27-19)15(12-25-29)7-14-8-21(30)28-23(14)31;1-19(2,3)29-18(28)24(12-4-5-12)15-8-13(20)22-16-11(9-21-25(15)16)6-10-7-14(26)23-17(10)27/h5-7,9-10,12,16,26H,3-4,8,11H2,1-2H3,(H,24,27)(H,28,30,31);6,8-9,12H,4-5,7H2,1-3H3,(H,23,26,27)/b14-7+;10-6+. The molecule has 2 saturated carbocycles. The molecule has 4 fully saturated rings. The van der Waals surface area contributed by atoms with E-state index in [4.69, 9.17) is 30.8 Å². The van der Waals surface area contributed by atoms with E-state index in [9.17, 15) is 24.0 Å². The molecule has 2 saturated heterocycles. The lowest BCUT2D eigenvalue weighted by Crippen LogP contribution is -2.39. The molecule has 5 aromatic rings. The SMILES string of the molecule is CC(C)(C)OC(=O)N(c1cc(Cl)nc2c(/C=C3\CC(=O)NC3=O)cnn12)C1CC1.COc1cc(CNc2cc(NC3CC3)n3ncc(/C=C4\CC(=O)NC4=O)c3n2)cc(OC)c1. The minimum Gasteiger partial charge on any atom is -0.497 e. The number of benzene rings is 1. The Labute approximate surface area is 359 Å². The van der Waals surface area contributed by atoms with Gasteiger partial charge in [0.25, 0.3) is 11.8 Å². The number of ether oxygens (including phenoxy) is 3. The molecule has 0 radical (unpaired) electrons. The van der Waals surface area contributed by atoms with Crippen molar-refractivity contribution >= 4 is 82.2 Å². The van der Waals surface area contributed by atoms with Crippen LogP contribution in [0.3, 0.4) is 0 Å². The number of amides is 5. The van der Waals surface area contributed by atoms with E-state index in [1.807, 2.05) is 24.3 Å². The van der Waals surface area contributed by atoms with Gasteiger partial charge in [-0.3, -0.25) is 34.7 Å². The molecule has 4 aromatic heterocycles. The molecule has 9 rings (SSSR count). The van der Waals surface area contributed by atoms with Gasteiger partial charge in [-0.2, -0.15) is 19.2 Å². The molecule has 2 aliphatic carbocycles. The zero-order chi connectivity index (χ0) is 43.9. The van der Waals surface area contributed by atoms with Crippen LogP contribution in [0.5, 0.6) is 11.5 Å². The van der Waals surface area contributed by atoms with E-state index in [0.29, 0.717) is 69.3 Å². The summed E-state index contributed by atoms with van der Waals surface area (Å²) in [5.74, 6) is 1.84. The predicted octanol–water partition coefficient (Wildman–Crippen LogP) is 5.08. The molecule has 0 unspecified atom stereocenters. The quantitative estimate of drug-likeness (QED) is 0.0773. The smallest absolute Gasteiger partial charge is 0.416 e. The molecular formula is C42H44ClN11O8. The molecular weight excluding hydrogens is 822 g/mol. The molecule has 20 heteroatoms. The van der Waals surface area contributed by atoms with Crippen LogP contribution < -0.4 is 35.6 Å². The number of hydrogen-bond donors (Lipinski definition) is 4. The van der Waals surface area contributed by atoms with Crippen molar-refractivity contribution in [2.45, 2.75) is 83.5 Å². The number of fused-ring (bicyclic) bond motifs is 2. The topological polar surface area (TPSA) is 225 Å². The number of rotatable bonds is 11. The average molecular weight is 866 g/mol. The summed E-state index contributed by atoms with van der Waals surface area (Å²) >= 11 is 6.24. The monoisotopic (exact) mass is 865 g/mol. The van der Waals surface area contributed by atoms with Crippen molar-refractivity contribution in [2.75, 3.05) is 29.8 Å². The Kier molecular flexibility index (Phi) is 11.3. The van der Waals surface area contributed by atoms with Gasteiger partial charge in [0.2, 0.25) is 11.8 Å². The number of methoxy groups -OCH3 is 2. The van der Waals surface area contributed by atoms with E-state index in [1.54, 1.807) is 68.8 Å². The van der Waals surface area contributed by atoms with Gasteiger partial charge in [0, 0.05) is 59.1 Å². The summed E-state index contributed by atoms with van der Waals surface area (Å²) in [5.41, 5.74) is 3.19. The first-order valence-electron chi connectivity index (χ1n) is 19.9. The zero-order valence-corrected chi connectivity index (χ0v) is 35.3. The molecule has 62 heavy (non-hydrogen) atoms. The van der Waals surface area contributed by atoms with Crippen LogP contribution in [0.1, 0.15) is 76.0 Å². The molecule has 2 aliphatic heterocycles. The summed E-state index contributed by atoms with van der Waals surface area (Å²) in [7, 11) is 3.23. The number of nitrogens with one attached hydrogen (secondary N) is 4. The van der Waals surface area contributed by atoms with Crippen LogP contribution >= 0.6 is 11.6 Å². The number of anilines is 3. The lowest BCUT2D eigenvalue weighted by atomic mass is 10.1. The van der Waals surface area contributed by atoms with Crippen molar-refractivity contribution < 1.29 is 38.2 Å². The largest absolute Gasteiger partial charge is 0.497 e. The van der Waals surface area contributed by atoms with Gasteiger partial charge in [-0.25, -0.2) is 14.8 Å². The molecule has 322 valence electrons.